The number of hydrogen-bond acceptors (Lipinski definition) is 5. The van der Waals surface area contributed by atoms with Crippen molar-refractivity contribution in [3.05, 3.63) is 78.5 Å². The first-order valence-corrected chi connectivity index (χ1v) is 10.9. The number of anilines is 2. The van der Waals surface area contributed by atoms with Gasteiger partial charge in [-0.05, 0) is 49.2 Å². The summed E-state index contributed by atoms with van der Waals surface area (Å²) in [6, 6.07) is 20.2. The van der Waals surface area contributed by atoms with E-state index >= 15 is 0 Å². The summed E-state index contributed by atoms with van der Waals surface area (Å²) in [6.45, 7) is 2.81. The summed E-state index contributed by atoms with van der Waals surface area (Å²) < 4.78 is 32.7. The van der Waals surface area contributed by atoms with Crippen molar-refractivity contribution in [3.8, 4) is 5.75 Å². The molecule has 29 heavy (non-hydrogen) atoms. The molecule has 0 fully saturated rings. The summed E-state index contributed by atoms with van der Waals surface area (Å²) in [4.78, 5) is 4.45. The molecule has 0 spiro atoms. The Kier molecular flexibility index (Phi) is 6.72. The van der Waals surface area contributed by atoms with Crippen LogP contribution in [0.4, 0.5) is 11.5 Å². The molecule has 0 saturated heterocycles. The number of para-hydroxylation sites is 2. The van der Waals surface area contributed by atoms with Crippen molar-refractivity contribution in [2.45, 2.75) is 18.2 Å². The molecule has 0 amide bonds. The number of ether oxygens (including phenoxy) is 1. The molecule has 1 aromatic heterocycles. The van der Waals surface area contributed by atoms with E-state index in [1.807, 2.05) is 49.4 Å². The molecule has 6 nitrogen and oxygen atoms in total. The van der Waals surface area contributed by atoms with E-state index in [0.29, 0.717) is 24.6 Å². The van der Waals surface area contributed by atoms with Gasteiger partial charge in [-0.25, -0.2) is 13.4 Å². The van der Waals surface area contributed by atoms with Gasteiger partial charge < -0.3 is 10.1 Å². The Bertz CT molecular complexity index is 1020. The second kappa shape index (κ2) is 9.43. The third kappa shape index (κ3) is 4.86. The second-order valence-electron chi connectivity index (χ2n) is 6.37. The van der Waals surface area contributed by atoms with E-state index in [2.05, 4.69) is 10.3 Å². The Morgan fingerprint density at radius 2 is 1.72 bits per heavy atom. The van der Waals surface area contributed by atoms with Crippen LogP contribution in [0.5, 0.6) is 5.75 Å². The second-order valence-corrected chi connectivity index (χ2v) is 8.24. The van der Waals surface area contributed by atoms with Crippen molar-refractivity contribution in [2.75, 3.05) is 29.8 Å². The number of methoxy groups -OCH3 is 1. The van der Waals surface area contributed by atoms with Crippen LogP contribution in [0, 0.1) is 0 Å². The Hall–Kier alpha value is -3.06. The van der Waals surface area contributed by atoms with Crippen LogP contribution >= 0.6 is 0 Å². The minimum absolute atomic E-state index is 0.165. The molecule has 1 heterocycles. The van der Waals surface area contributed by atoms with Gasteiger partial charge in [0.2, 0.25) is 0 Å². The van der Waals surface area contributed by atoms with Gasteiger partial charge in [-0.1, -0.05) is 36.4 Å². The highest BCUT2D eigenvalue weighted by atomic mass is 32.2. The third-order valence-corrected chi connectivity index (χ3v) is 6.44. The van der Waals surface area contributed by atoms with Crippen LogP contribution in [0.3, 0.4) is 0 Å². The van der Waals surface area contributed by atoms with E-state index < -0.39 is 10.0 Å². The molecule has 7 heteroatoms. The lowest BCUT2D eigenvalue weighted by atomic mass is 10.1. The van der Waals surface area contributed by atoms with E-state index in [0.717, 1.165) is 17.7 Å². The zero-order valence-electron chi connectivity index (χ0n) is 16.6. The van der Waals surface area contributed by atoms with Crippen LogP contribution in [0.15, 0.2) is 77.8 Å². The summed E-state index contributed by atoms with van der Waals surface area (Å²) in [5.74, 6) is 1.48. The van der Waals surface area contributed by atoms with Crippen molar-refractivity contribution >= 4 is 21.5 Å². The van der Waals surface area contributed by atoms with Crippen LogP contribution in [-0.4, -0.2) is 33.6 Å². The predicted molar refractivity (Wildman–Crippen MR) is 116 cm³/mol. The number of aromatic nitrogens is 1. The van der Waals surface area contributed by atoms with Crippen molar-refractivity contribution in [1.82, 2.24) is 4.98 Å². The van der Waals surface area contributed by atoms with Gasteiger partial charge in [0.25, 0.3) is 10.0 Å². The fourth-order valence-corrected chi connectivity index (χ4v) is 4.50. The zero-order chi connectivity index (χ0) is 20.7. The Balaban J connectivity index is 1.67. The van der Waals surface area contributed by atoms with Gasteiger partial charge in [0, 0.05) is 19.3 Å². The van der Waals surface area contributed by atoms with Gasteiger partial charge in [-0.3, -0.25) is 4.31 Å². The van der Waals surface area contributed by atoms with Crippen molar-refractivity contribution < 1.29 is 13.2 Å². The third-order valence-electron chi connectivity index (χ3n) is 4.55. The average molecular weight is 412 g/mol. The SMILES string of the molecule is CCN(c1ccccc1)S(=O)(=O)c1ccc(NCCc2ccccc2OC)nc1. The first-order chi connectivity index (χ1) is 14.1. The van der Waals surface area contributed by atoms with Crippen molar-refractivity contribution in [3.63, 3.8) is 0 Å². The van der Waals surface area contributed by atoms with E-state index in [-0.39, 0.29) is 4.90 Å². The minimum atomic E-state index is -3.67. The smallest absolute Gasteiger partial charge is 0.265 e. The molecule has 0 aliphatic carbocycles. The minimum Gasteiger partial charge on any atom is -0.496 e. The molecule has 0 radical (unpaired) electrons. The quantitative estimate of drug-likeness (QED) is 0.577. The molecule has 2 aromatic carbocycles. The molecule has 3 aromatic rings. The number of rotatable bonds is 9. The monoisotopic (exact) mass is 411 g/mol. The number of hydrogen-bond donors (Lipinski definition) is 1. The summed E-state index contributed by atoms with van der Waals surface area (Å²) in [5, 5.41) is 3.22. The van der Waals surface area contributed by atoms with Crippen molar-refractivity contribution in [1.29, 1.82) is 0 Å². The Morgan fingerprint density at radius 3 is 2.38 bits per heavy atom. The van der Waals surface area contributed by atoms with Crippen LogP contribution in [0.1, 0.15) is 12.5 Å². The van der Waals surface area contributed by atoms with Gasteiger partial charge in [0.15, 0.2) is 0 Å². The van der Waals surface area contributed by atoms with Gasteiger partial charge in [0.1, 0.15) is 16.5 Å². The van der Waals surface area contributed by atoms with Crippen LogP contribution in [0.2, 0.25) is 0 Å². The number of nitrogens with zero attached hydrogens (tertiary/aromatic N) is 2. The molecular weight excluding hydrogens is 386 g/mol. The average Bonchev–Trinajstić information content (AvgIpc) is 2.75. The molecule has 0 aliphatic heterocycles. The lowest BCUT2D eigenvalue weighted by Gasteiger charge is -2.22. The fourth-order valence-electron chi connectivity index (χ4n) is 3.09. The van der Waals surface area contributed by atoms with Gasteiger partial charge >= 0.3 is 0 Å². The normalized spacial score (nSPS) is 11.1. The zero-order valence-corrected chi connectivity index (χ0v) is 17.4. The highest BCUT2D eigenvalue weighted by Gasteiger charge is 2.23. The summed E-state index contributed by atoms with van der Waals surface area (Å²) >= 11 is 0. The highest BCUT2D eigenvalue weighted by Crippen LogP contribution is 2.23. The van der Waals surface area contributed by atoms with Crippen molar-refractivity contribution in [2.24, 2.45) is 0 Å². The number of pyridine rings is 1. The van der Waals surface area contributed by atoms with Crippen LogP contribution in [0.25, 0.3) is 0 Å². The molecule has 1 N–H and O–H groups in total. The lowest BCUT2D eigenvalue weighted by Crippen LogP contribution is -2.30. The molecular formula is C22H25N3O3S. The fraction of sp³-hybridized carbons (Fsp3) is 0.227. The summed E-state index contributed by atoms with van der Waals surface area (Å²) in [5.41, 5.74) is 1.73. The lowest BCUT2D eigenvalue weighted by molar-refractivity contribution is 0.410. The molecule has 3 rings (SSSR count). The van der Waals surface area contributed by atoms with E-state index in [1.54, 1.807) is 31.4 Å². The van der Waals surface area contributed by atoms with Crippen LogP contribution in [-0.2, 0) is 16.4 Å². The maximum atomic E-state index is 13.0. The summed E-state index contributed by atoms with van der Waals surface area (Å²) in [6.07, 6.45) is 2.16. The number of benzene rings is 2. The first kappa shape index (κ1) is 20.7. The van der Waals surface area contributed by atoms with Crippen LogP contribution < -0.4 is 14.4 Å². The maximum absolute atomic E-state index is 13.0. The van der Waals surface area contributed by atoms with Gasteiger partial charge in [-0.2, -0.15) is 0 Å². The van der Waals surface area contributed by atoms with Gasteiger partial charge in [0.05, 0.1) is 12.8 Å². The molecule has 0 atom stereocenters. The number of nitrogens with one attached hydrogen (secondary N) is 1. The molecule has 0 unspecified atom stereocenters. The standard InChI is InChI=1S/C22H25N3O3S/c1-3-25(19-10-5-4-6-11-19)29(26,27)20-13-14-22(24-17-20)23-16-15-18-9-7-8-12-21(18)28-2/h4-14,17H,3,15-16H2,1-2H3,(H,23,24). The predicted octanol–water partition coefficient (Wildman–Crippen LogP) is 3.96. The van der Waals surface area contributed by atoms with E-state index in [1.165, 1.54) is 10.5 Å². The molecule has 0 saturated carbocycles. The Labute approximate surface area is 172 Å². The maximum Gasteiger partial charge on any atom is 0.265 e. The first-order valence-electron chi connectivity index (χ1n) is 9.46. The van der Waals surface area contributed by atoms with E-state index in [9.17, 15) is 8.42 Å². The largest absolute Gasteiger partial charge is 0.496 e. The topological polar surface area (TPSA) is 71.5 Å². The summed E-state index contributed by atoms with van der Waals surface area (Å²) in [7, 11) is -2.01. The van der Waals surface area contributed by atoms with E-state index in [4.69, 9.17) is 4.74 Å². The van der Waals surface area contributed by atoms with Gasteiger partial charge in [-0.15, -0.1) is 0 Å². The molecule has 0 aliphatic rings. The Morgan fingerprint density at radius 1 is 1.00 bits per heavy atom. The highest BCUT2D eigenvalue weighted by molar-refractivity contribution is 7.92. The molecule has 0 bridgehead atoms. The molecule has 152 valence electrons. The number of sulfonamides is 1.